The predicted octanol–water partition coefficient (Wildman–Crippen LogP) is 1.80. The third-order valence-electron chi connectivity index (χ3n) is 2.34. The van der Waals surface area contributed by atoms with Gasteiger partial charge in [-0.3, -0.25) is 0 Å². The number of hydrogen-bond acceptors (Lipinski definition) is 4. The van der Waals surface area contributed by atoms with Crippen molar-refractivity contribution in [1.29, 1.82) is 0 Å². The summed E-state index contributed by atoms with van der Waals surface area (Å²) in [6.45, 7) is -0.629. The molecule has 0 fully saturated rings. The number of unbranched alkanes of at least 4 members (excludes halogenated alkanes) is 1. The zero-order chi connectivity index (χ0) is 13.4. The summed E-state index contributed by atoms with van der Waals surface area (Å²) in [7, 11) is 1.98. The summed E-state index contributed by atoms with van der Waals surface area (Å²) in [6, 6.07) is 0.601. The summed E-state index contributed by atoms with van der Waals surface area (Å²) < 4.78 is 51.0. The summed E-state index contributed by atoms with van der Waals surface area (Å²) in [5.74, 6) is 0. The Morgan fingerprint density at radius 3 is 1.94 bits per heavy atom. The maximum atomic E-state index is 11.8. The van der Waals surface area contributed by atoms with Gasteiger partial charge in [-0.25, -0.2) is 0 Å². The van der Waals surface area contributed by atoms with E-state index in [0.717, 1.165) is 0 Å². The fourth-order valence-electron chi connectivity index (χ4n) is 1.38. The molecule has 0 bridgehead atoms. The van der Waals surface area contributed by atoms with Crippen LogP contribution in [0.5, 0.6) is 0 Å². The van der Waals surface area contributed by atoms with Crippen molar-refractivity contribution in [3.8, 4) is 0 Å². The van der Waals surface area contributed by atoms with Crippen molar-refractivity contribution >= 4 is 8.80 Å². The molecule has 0 saturated carbocycles. The zero-order valence-corrected chi connectivity index (χ0v) is 11.4. The van der Waals surface area contributed by atoms with E-state index in [1.165, 1.54) is 21.3 Å². The van der Waals surface area contributed by atoms with Crippen molar-refractivity contribution in [2.75, 3.05) is 34.4 Å². The molecule has 0 radical (unpaired) electrons. The first-order chi connectivity index (χ1) is 7.89. The van der Waals surface area contributed by atoms with Crippen molar-refractivity contribution in [3.63, 3.8) is 0 Å². The van der Waals surface area contributed by atoms with Gasteiger partial charge < -0.3 is 18.6 Å². The molecule has 0 rings (SSSR count). The molecule has 0 atom stereocenters. The average molecular weight is 275 g/mol. The Morgan fingerprint density at radius 2 is 1.53 bits per heavy atom. The third kappa shape index (κ3) is 7.71. The van der Waals surface area contributed by atoms with E-state index in [1.54, 1.807) is 0 Å². The summed E-state index contributed by atoms with van der Waals surface area (Å²) in [4.78, 5) is 0. The summed E-state index contributed by atoms with van der Waals surface area (Å²) in [6.07, 6.45) is -2.82. The van der Waals surface area contributed by atoms with Crippen LogP contribution >= 0.6 is 0 Å². The molecule has 0 aromatic heterocycles. The number of rotatable bonds is 9. The molecule has 0 heterocycles. The van der Waals surface area contributed by atoms with Gasteiger partial charge in [-0.1, -0.05) is 0 Å². The molecule has 0 aliphatic carbocycles. The lowest BCUT2D eigenvalue weighted by Crippen LogP contribution is -2.42. The highest BCUT2D eigenvalue weighted by atomic mass is 28.4. The zero-order valence-electron chi connectivity index (χ0n) is 10.4. The first kappa shape index (κ1) is 16.8. The Balaban J connectivity index is 3.63. The van der Waals surface area contributed by atoms with Gasteiger partial charge in [0.15, 0.2) is 0 Å². The number of alkyl halides is 3. The van der Waals surface area contributed by atoms with Gasteiger partial charge in [-0.2, -0.15) is 13.2 Å². The molecule has 0 aromatic rings. The van der Waals surface area contributed by atoms with Gasteiger partial charge in [0.05, 0.1) is 6.54 Å². The van der Waals surface area contributed by atoms with Gasteiger partial charge in [-0.15, -0.1) is 0 Å². The number of halogens is 3. The highest BCUT2D eigenvalue weighted by Gasteiger charge is 2.36. The standard InChI is InChI=1S/C9H20F3NO3Si/c1-14-17(15-2,16-3)7-5-4-6-13-8-9(10,11)12/h13H,4-8H2,1-3H3. The lowest BCUT2D eigenvalue weighted by Gasteiger charge is -2.24. The minimum absolute atomic E-state index is 0.321. The summed E-state index contributed by atoms with van der Waals surface area (Å²) >= 11 is 0. The average Bonchev–Trinajstić information content (AvgIpc) is 2.28. The molecular formula is C9H20F3NO3Si. The lowest BCUT2D eigenvalue weighted by molar-refractivity contribution is -0.124. The van der Waals surface area contributed by atoms with Crippen LogP contribution in [-0.2, 0) is 13.3 Å². The van der Waals surface area contributed by atoms with Crippen LogP contribution in [0, 0.1) is 0 Å². The van der Waals surface area contributed by atoms with Crippen LogP contribution in [0.15, 0.2) is 0 Å². The largest absolute Gasteiger partial charge is 0.500 e. The highest BCUT2D eigenvalue weighted by molar-refractivity contribution is 6.60. The van der Waals surface area contributed by atoms with E-state index >= 15 is 0 Å². The van der Waals surface area contributed by atoms with Crippen molar-refractivity contribution in [2.45, 2.75) is 25.1 Å². The highest BCUT2D eigenvalue weighted by Crippen LogP contribution is 2.16. The molecule has 0 spiro atoms. The minimum Gasteiger partial charge on any atom is -0.377 e. The van der Waals surface area contributed by atoms with Gasteiger partial charge in [0.1, 0.15) is 0 Å². The van der Waals surface area contributed by atoms with E-state index in [2.05, 4.69) is 5.32 Å². The molecule has 0 aromatic carbocycles. The van der Waals surface area contributed by atoms with E-state index in [9.17, 15) is 13.2 Å². The van der Waals surface area contributed by atoms with E-state index in [1.807, 2.05) is 0 Å². The van der Waals surface area contributed by atoms with Crippen LogP contribution in [0.25, 0.3) is 0 Å². The van der Waals surface area contributed by atoms with Crippen LogP contribution in [-0.4, -0.2) is 49.4 Å². The van der Waals surface area contributed by atoms with Crippen molar-refractivity contribution in [3.05, 3.63) is 0 Å². The SMILES string of the molecule is CO[Si](CCCCNCC(F)(F)F)(OC)OC. The van der Waals surface area contributed by atoms with Crippen molar-refractivity contribution in [1.82, 2.24) is 5.32 Å². The Labute approximate surface area is 101 Å². The fraction of sp³-hybridized carbons (Fsp3) is 1.00. The Morgan fingerprint density at radius 1 is 1.00 bits per heavy atom. The maximum Gasteiger partial charge on any atom is 0.500 e. The van der Waals surface area contributed by atoms with Crippen LogP contribution < -0.4 is 5.32 Å². The third-order valence-corrected chi connectivity index (χ3v) is 5.18. The van der Waals surface area contributed by atoms with E-state index in [0.29, 0.717) is 25.4 Å². The second-order valence-corrected chi connectivity index (χ2v) is 6.64. The normalized spacial score (nSPS) is 13.1. The Hall–Kier alpha value is -0.153. The smallest absolute Gasteiger partial charge is 0.377 e. The maximum absolute atomic E-state index is 11.8. The topological polar surface area (TPSA) is 39.7 Å². The fourth-order valence-corrected chi connectivity index (χ4v) is 3.17. The summed E-state index contributed by atoms with van der Waals surface area (Å²) in [5, 5.41) is 2.33. The first-order valence-corrected chi connectivity index (χ1v) is 7.25. The second-order valence-electron chi connectivity index (χ2n) is 3.54. The lowest BCUT2D eigenvalue weighted by atomic mass is 10.3. The molecule has 8 heteroatoms. The molecule has 0 unspecified atom stereocenters. The van der Waals surface area contributed by atoms with Crippen LogP contribution in [0.1, 0.15) is 12.8 Å². The first-order valence-electron chi connectivity index (χ1n) is 5.32. The van der Waals surface area contributed by atoms with E-state index in [-0.39, 0.29) is 0 Å². The molecular weight excluding hydrogens is 255 g/mol. The number of nitrogens with one attached hydrogen (secondary N) is 1. The molecule has 0 aliphatic heterocycles. The van der Waals surface area contributed by atoms with Gasteiger partial charge >= 0.3 is 15.0 Å². The van der Waals surface area contributed by atoms with Crippen LogP contribution in [0.4, 0.5) is 13.2 Å². The van der Waals surface area contributed by atoms with Crippen molar-refractivity contribution < 1.29 is 26.4 Å². The van der Waals surface area contributed by atoms with E-state index in [4.69, 9.17) is 13.3 Å². The van der Waals surface area contributed by atoms with Gasteiger partial charge in [0.25, 0.3) is 0 Å². The molecule has 0 amide bonds. The minimum atomic E-state index is -4.15. The van der Waals surface area contributed by atoms with Crippen LogP contribution in [0.2, 0.25) is 6.04 Å². The van der Waals surface area contributed by atoms with E-state index < -0.39 is 21.5 Å². The second kappa shape index (κ2) is 8.04. The molecule has 0 aliphatic rings. The molecule has 4 nitrogen and oxygen atoms in total. The monoisotopic (exact) mass is 275 g/mol. The summed E-state index contributed by atoms with van der Waals surface area (Å²) in [5.41, 5.74) is 0. The number of hydrogen-bond donors (Lipinski definition) is 1. The van der Waals surface area contributed by atoms with Gasteiger partial charge in [0, 0.05) is 27.4 Å². The molecule has 1 N–H and O–H groups in total. The quantitative estimate of drug-likeness (QED) is 0.514. The van der Waals surface area contributed by atoms with Crippen molar-refractivity contribution in [2.24, 2.45) is 0 Å². The Kier molecular flexibility index (Phi) is 7.97. The Bertz CT molecular complexity index is 192. The van der Waals surface area contributed by atoms with Gasteiger partial charge in [0.2, 0.25) is 0 Å². The van der Waals surface area contributed by atoms with Gasteiger partial charge in [-0.05, 0) is 19.4 Å². The molecule has 17 heavy (non-hydrogen) atoms. The molecule has 104 valence electrons. The van der Waals surface area contributed by atoms with Crippen LogP contribution in [0.3, 0.4) is 0 Å². The predicted molar refractivity (Wildman–Crippen MR) is 59.7 cm³/mol. The molecule has 0 saturated heterocycles.